The zero-order valence-electron chi connectivity index (χ0n) is 16.3. The van der Waals surface area contributed by atoms with Crippen molar-refractivity contribution in [3.63, 3.8) is 0 Å². The summed E-state index contributed by atoms with van der Waals surface area (Å²) >= 11 is 0. The smallest absolute Gasteiger partial charge is 0.124 e. The van der Waals surface area contributed by atoms with E-state index in [-0.39, 0.29) is 11.7 Å². The van der Waals surface area contributed by atoms with Crippen LogP contribution in [0.4, 0.5) is 0 Å². The van der Waals surface area contributed by atoms with Crippen molar-refractivity contribution in [2.45, 2.75) is 44.8 Å². The summed E-state index contributed by atoms with van der Waals surface area (Å²) in [6.45, 7) is 7.55. The van der Waals surface area contributed by atoms with Gasteiger partial charge in [-0.25, -0.2) is 0 Å². The molecule has 0 aromatic heterocycles. The van der Waals surface area contributed by atoms with E-state index in [0.717, 1.165) is 50.2 Å². The summed E-state index contributed by atoms with van der Waals surface area (Å²) < 4.78 is 0. The van der Waals surface area contributed by atoms with E-state index in [1.54, 1.807) is 6.07 Å². The highest BCUT2D eigenvalue weighted by Gasteiger charge is 2.40. The van der Waals surface area contributed by atoms with Gasteiger partial charge in [0, 0.05) is 36.8 Å². The maximum Gasteiger partial charge on any atom is 0.124 e. The van der Waals surface area contributed by atoms with Crippen LogP contribution in [0, 0.1) is 6.92 Å². The Morgan fingerprint density at radius 1 is 1.11 bits per heavy atom. The van der Waals surface area contributed by atoms with Gasteiger partial charge in [0.1, 0.15) is 11.4 Å². The van der Waals surface area contributed by atoms with E-state index in [2.05, 4.69) is 48.3 Å². The Labute approximate surface area is 161 Å². The fourth-order valence-corrected chi connectivity index (χ4v) is 4.29. The van der Waals surface area contributed by atoms with Gasteiger partial charge < -0.3 is 10.0 Å². The van der Waals surface area contributed by atoms with E-state index in [0.29, 0.717) is 5.75 Å². The van der Waals surface area contributed by atoms with Crippen LogP contribution in [-0.4, -0.2) is 41.0 Å². The second-order valence-electron chi connectivity index (χ2n) is 7.85. The molecule has 2 heterocycles. The van der Waals surface area contributed by atoms with E-state index < -0.39 is 0 Å². The number of aryl methyl sites for hydroxylation is 1. The molecule has 4 rings (SSSR count). The molecule has 4 nitrogen and oxygen atoms in total. The van der Waals surface area contributed by atoms with Crippen molar-refractivity contribution in [1.82, 2.24) is 10.2 Å². The SMILES string of the molecule is CCN1CCC2(CC1)N=C(c1ccccc1O)C[C@@H](c1ccc(C)cc1)N2. The van der Waals surface area contributed by atoms with Crippen LogP contribution in [0.25, 0.3) is 0 Å². The molecule has 142 valence electrons. The van der Waals surface area contributed by atoms with Crippen LogP contribution >= 0.6 is 0 Å². The molecule has 2 N–H and O–H groups in total. The average Bonchev–Trinajstić information content (AvgIpc) is 2.69. The second-order valence-corrected chi connectivity index (χ2v) is 7.85. The number of piperidine rings is 1. The predicted octanol–water partition coefficient (Wildman–Crippen LogP) is 4.04. The summed E-state index contributed by atoms with van der Waals surface area (Å²) in [5.41, 5.74) is 4.21. The molecule has 2 aromatic rings. The number of aliphatic imine (C=N–C) groups is 1. The maximum absolute atomic E-state index is 10.4. The van der Waals surface area contributed by atoms with E-state index in [9.17, 15) is 5.11 Å². The summed E-state index contributed by atoms with van der Waals surface area (Å²) in [6.07, 6.45) is 2.79. The first kappa shape index (κ1) is 18.2. The van der Waals surface area contributed by atoms with E-state index in [4.69, 9.17) is 4.99 Å². The highest BCUT2D eigenvalue weighted by Crippen LogP contribution is 2.36. The maximum atomic E-state index is 10.4. The van der Waals surface area contributed by atoms with E-state index in [1.807, 2.05) is 18.2 Å². The van der Waals surface area contributed by atoms with Crippen LogP contribution in [0.1, 0.15) is 48.9 Å². The molecule has 27 heavy (non-hydrogen) atoms. The highest BCUT2D eigenvalue weighted by atomic mass is 16.3. The van der Waals surface area contributed by atoms with Crippen molar-refractivity contribution in [3.05, 3.63) is 65.2 Å². The Morgan fingerprint density at radius 2 is 1.81 bits per heavy atom. The molecule has 0 bridgehead atoms. The molecular formula is C23H29N3O. The molecule has 2 aromatic carbocycles. The molecule has 0 saturated carbocycles. The lowest BCUT2D eigenvalue weighted by Gasteiger charge is -2.45. The molecule has 4 heteroatoms. The number of aromatic hydroxyl groups is 1. The molecule has 0 radical (unpaired) electrons. The molecule has 0 amide bonds. The van der Waals surface area contributed by atoms with Crippen LogP contribution in [0.15, 0.2) is 53.5 Å². The molecule has 1 spiro atoms. The van der Waals surface area contributed by atoms with Crippen molar-refractivity contribution in [3.8, 4) is 5.75 Å². The Hall–Kier alpha value is -2.17. The van der Waals surface area contributed by atoms with Gasteiger partial charge in [-0.2, -0.15) is 0 Å². The molecule has 0 unspecified atom stereocenters. The quantitative estimate of drug-likeness (QED) is 0.865. The first-order chi connectivity index (χ1) is 13.1. The number of para-hydroxylation sites is 1. The Bertz CT molecular complexity index is 820. The number of nitrogens with zero attached hydrogens (tertiary/aromatic N) is 2. The van der Waals surface area contributed by atoms with Crippen LogP contribution < -0.4 is 5.32 Å². The van der Waals surface area contributed by atoms with Crippen LogP contribution in [-0.2, 0) is 0 Å². The zero-order valence-corrected chi connectivity index (χ0v) is 16.3. The summed E-state index contributed by atoms with van der Waals surface area (Å²) in [4.78, 5) is 7.67. The highest BCUT2D eigenvalue weighted by molar-refractivity contribution is 6.03. The second kappa shape index (κ2) is 7.45. The first-order valence-corrected chi connectivity index (χ1v) is 10.0. The Kier molecular flexibility index (Phi) is 5.02. The van der Waals surface area contributed by atoms with Gasteiger partial charge >= 0.3 is 0 Å². The van der Waals surface area contributed by atoms with Gasteiger partial charge in [-0.05, 0) is 44.0 Å². The third-order valence-corrected chi connectivity index (χ3v) is 6.01. The third-order valence-electron chi connectivity index (χ3n) is 6.01. The Morgan fingerprint density at radius 3 is 2.48 bits per heavy atom. The molecule has 1 saturated heterocycles. The zero-order chi connectivity index (χ0) is 18.9. The summed E-state index contributed by atoms with van der Waals surface area (Å²) in [5.74, 6) is 0.321. The summed E-state index contributed by atoms with van der Waals surface area (Å²) in [7, 11) is 0. The van der Waals surface area contributed by atoms with Crippen molar-refractivity contribution in [1.29, 1.82) is 0 Å². The monoisotopic (exact) mass is 363 g/mol. The van der Waals surface area contributed by atoms with Crippen molar-refractivity contribution in [2.75, 3.05) is 19.6 Å². The van der Waals surface area contributed by atoms with Crippen LogP contribution in [0.5, 0.6) is 5.75 Å². The summed E-state index contributed by atoms with van der Waals surface area (Å²) in [5, 5.41) is 14.3. The number of hydrogen-bond donors (Lipinski definition) is 2. The number of phenolic OH excluding ortho intramolecular Hbond substituents is 1. The molecule has 1 fully saturated rings. The number of benzene rings is 2. The van der Waals surface area contributed by atoms with Gasteiger partial charge in [-0.3, -0.25) is 10.3 Å². The molecule has 2 aliphatic heterocycles. The van der Waals surface area contributed by atoms with Crippen LogP contribution in [0.3, 0.4) is 0 Å². The topological polar surface area (TPSA) is 47.9 Å². The number of phenols is 1. The number of likely N-dealkylation sites (tertiary alicyclic amines) is 1. The third kappa shape index (κ3) is 3.78. The van der Waals surface area contributed by atoms with Gasteiger partial charge in [0.25, 0.3) is 0 Å². The van der Waals surface area contributed by atoms with E-state index in [1.165, 1.54) is 11.1 Å². The van der Waals surface area contributed by atoms with Crippen molar-refractivity contribution < 1.29 is 5.11 Å². The molecule has 2 aliphatic rings. The minimum atomic E-state index is -0.239. The van der Waals surface area contributed by atoms with Gasteiger partial charge in [-0.15, -0.1) is 0 Å². The number of nitrogens with one attached hydrogen (secondary N) is 1. The van der Waals surface area contributed by atoms with Gasteiger partial charge in [-0.1, -0.05) is 48.9 Å². The average molecular weight is 364 g/mol. The van der Waals surface area contributed by atoms with Crippen molar-refractivity contribution >= 4 is 5.71 Å². The Balaban J connectivity index is 1.70. The predicted molar refractivity (Wildman–Crippen MR) is 110 cm³/mol. The lowest BCUT2D eigenvalue weighted by molar-refractivity contribution is 0.129. The fourth-order valence-electron chi connectivity index (χ4n) is 4.29. The summed E-state index contributed by atoms with van der Waals surface area (Å²) in [6, 6.07) is 16.6. The molecule has 0 aliphatic carbocycles. The van der Waals surface area contributed by atoms with Crippen LogP contribution in [0.2, 0.25) is 0 Å². The lowest BCUT2D eigenvalue weighted by atomic mass is 9.87. The minimum Gasteiger partial charge on any atom is -0.507 e. The lowest BCUT2D eigenvalue weighted by Crippen LogP contribution is -2.56. The molecular weight excluding hydrogens is 334 g/mol. The largest absolute Gasteiger partial charge is 0.507 e. The normalized spacial score (nSPS) is 22.6. The van der Waals surface area contributed by atoms with Gasteiger partial charge in [0.05, 0.1) is 0 Å². The standard InChI is InChI=1S/C23H29N3O/c1-3-26-14-12-23(13-15-26)24-20(18-10-8-17(2)9-11-18)16-21(25-23)19-6-4-5-7-22(19)27/h4-11,20,24,27H,3,12-16H2,1-2H3/t20-/m0/s1. The first-order valence-electron chi connectivity index (χ1n) is 10.0. The number of rotatable bonds is 3. The van der Waals surface area contributed by atoms with E-state index >= 15 is 0 Å². The molecule has 1 atom stereocenters. The minimum absolute atomic E-state index is 0.214. The fraction of sp³-hybridized carbons (Fsp3) is 0.435. The van der Waals surface area contributed by atoms with Crippen molar-refractivity contribution in [2.24, 2.45) is 4.99 Å². The number of hydrogen-bond acceptors (Lipinski definition) is 4. The van der Waals surface area contributed by atoms with Gasteiger partial charge in [0.2, 0.25) is 0 Å². The van der Waals surface area contributed by atoms with Gasteiger partial charge in [0.15, 0.2) is 0 Å².